The molecule has 3 heteroatoms. The zero-order valence-corrected chi connectivity index (χ0v) is 11.5. The van der Waals surface area contributed by atoms with Gasteiger partial charge in [0.2, 0.25) is 0 Å². The topological polar surface area (TPSA) is 35.8 Å². The Balaban J connectivity index is 1.72. The number of aliphatic hydroxyl groups excluding tert-OH is 1. The van der Waals surface area contributed by atoms with E-state index in [9.17, 15) is 5.11 Å². The summed E-state index contributed by atoms with van der Waals surface area (Å²) >= 11 is 0. The maximum atomic E-state index is 10.0. The average Bonchev–Trinajstić information content (AvgIpc) is 2.82. The molecule has 0 fully saturated rings. The molecule has 1 N–H and O–H groups in total. The number of rotatable bonds is 3. The fourth-order valence-corrected chi connectivity index (χ4v) is 2.46. The van der Waals surface area contributed by atoms with Gasteiger partial charge in [-0.15, -0.1) is 0 Å². The first-order valence-electron chi connectivity index (χ1n) is 6.84. The van der Waals surface area contributed by atoms with Crippen molar-refractivity contribution in [2.24, 2.45) is 4.99 Å². The van der Waals surface area contributed by atoms with Crippen molar-refractivity contribution in [2.45, 2.75) is 19.5 Å². The van der Waals surface area contributed by atoms with Gasteiger partial charge in [-0.2, -0.15) is 0 Å². The Hall–Kier alpha value is -2.29. The van der Waals surface area contributed by atoms with Crippen molar-refractivity contribution in [3.8, 4) is 0 Å². The molecule has 0 aromatic heterocycles. The van der Waals surface area contributed by atoms with Gasteiger partial charge in [-0.1, -0.05) is 60.2 Å². The van der Waals surface area contributed by atoms with Crippen LogP contribution in [0.25, 0.3) is 0 Å². The first-order valence-corrected chi connectivity index (χ1v) is 6.84. The summed E-state index contributed by atoms with van der Waals surface area (Å²) in [6, 6.07) is 18.7. The first-order chi connectivity index (χ1) is 9.72. The van der Waals surface area contributed by atoms with Gasteiger partial charge in [0, 0.05) is 13.1 Å². The highest BCUT2D eigenvalue weighted by Crippen LogP contribution is 2.25. The van der Waals surface area contributed by atoms with E-state index in [0.717, 1.165) is 12.1 Å². The Morgan fingerprint density at radius 2 is 1.80 bits per heavy atom. The van der Waals surface area contributed by atoms with Gasteiger partial charge in [0.05, 0.1) is 6.04 Å². The van der Waals surface area contributed by atoms with Gasteiger partial charge in [-0.3, -0.25) is 0 Å². The van der Waals surface area contributed by atoms with Gasteiger partial charge >= 0.3 is 0 Å². The molecule has 3 rings (SSSR count). The van der Waals surface area contributed by atoms with Crippen molar-refractivity contribution in [1.29, 1.82) is 0 Å². The molecule has 1 aliphatic rings. The molecule has 0 saturated heterocycles. The van der Waals surface area contributed by atoms with Crippen molar-refractivity contribution in [2.75, 3.05) is 6.54 Å². The molecular formula is C17H18N2O. The molecule has 0 amide bonds. The third-order valence-electron chi connectivity index (χ3n) is 3.63. The maximum Gasteiger partial charge on any atom is 0.285 e. The largest absolute Gasteiger partial charge is 0.481 e. The van der Waals surface area contributed by atoms with Crippen LogP contribution in [0, 0.1) is 6.92 Å². The summed E-state index contributed by atoms with van der Waals surface area (Å²) in [6.45, 7) is 3.49. The van der Waals surface area contributed by atoms with Gasteiger partial charge < -0.3 is 10.0 Å². The van der Waals surface area contributed by atoms with Gasteiger partial charge in [0.25, 0.3) is 6.02 Å². The molecule has 1 heterocycles. The molecule has 20 heavy (non-hydrogen) atoms. The molecule has 1 atom stereocenters. The lowest BCUT2D eigenvalue weighted by atomic mass is 10.1. The minimum atomic E-state index is 0.0271. The predicted octanol–water partition coefficient (Wildman–Crippen LogP) is 3.47. The Labute approximate surface area is 119 Å². The monoisotopic (exact) mass is 266 g/mol. The van der Waals surface area contributed by atoms with Crippen LogP contribution in [0.4, 0.5) is 0 Å². The Kier molecular flexibility index (Phi) is 3.42. The van der Waals surface area contributed by atoms with E-state index in [1.807, 2.05) is 23.1 Å². The number of hydrogen-bond donors (Lipinski definition) is 1. The maximum absolute atomic E-state index is 10.0. The summed E-state index contributed by atoms with van der Waals surface area (Å²) in [5.74, 6) is 0. The molecule has 0 spiro atoms. The molecule has 0 radical (unpaired) electrons. The molecule has 1 aliphatic heterocycles. The lowest BCUT2D eigenvalue weighted by Gasteiger charge is -2.17. The molecule has 1 unspecified atom stereocenters. The summed E-state index contributed by atoms with van der Waals surface area (Å²) in [5, 5.41) is 10.0. The molecule has 102 valence electrons. The average molecular weight is 266 g/mol. The Morgan fingerprint density at radius 1 is 1.10 bits per heavy atom. The van der Waals surface area contributed by atoms with E-state index in [4.69, 9.17) is 0 Å². The molecule has 3 nitrogen and oxygen atoms in total. The van der Waals surface area contributed by atoms with Crippen LogP contribution < -0.4 is 0 Å². The van der Waals surface area contributed by atoms with E-state index >= 15 is 0 Å². The van der Waals surface area contributed by atoms with E-state index in [2.05, 4.69) is 48.3 Å². The molecular weight excluding hydrogens is 248 g/mol. The highest BCUT2D eigenvalue weighted by molar-refractivity contribution is 5.74. The Bertz CT molecular complexity index is 605. The molecule has 2 aromatic carbocycles. The molecule has 0 saturated carbocycles. The highest BCUT2D eigenvalue weighted by Gasteiger charge is 2.25. The van der Waals surface area contributed by atoms with Crippen molar-refractivity contribution < 1.29 is 5.11 Å². The predicted molar refractivity (Wildman–Crippen MR) is 80.8 cm³/mol. The molecule has 0 bridgehead atoms. The highest BCUT2D eigenvalue weighted by atomic mass is 16.3. The van der Waals surface area contributed by atoms with Crippen LogP contribution in [-0.4, -0.2) is 22.6 Å². The van der Waals surface area contributed by atoms with E-state index in [-0.39, 0.29) is 12.1 Å². The smallest absolute Gasteiger partial charge is 0.285 e. The third-order valence-corrected chi connectivity index (χ3v) is 3.63. The summed E-state index contributed by atoms with van der Waals surface area (Å²) in [7, 11) is 0. The van der Waals surface area contributed by atoms with Crippen LogP contribution >= 0.6 is 0 Å². The van der Waals surface area contributed by atoms with Crippen molar-refractivity contribution >= 4 is 6.02 Å². The minimum Gasteiger partial charge on any atom is -0.481 e. The van der Waals surface area contributed by atoms with Crippen LogP contribution in [-0.2, 0) is 6.54 Å². The van der Waals surface area contributed by atoms with Gasteiger partial charge in [0.1, 0.15) is 0 Å². The standard InChI is InChI=1S/C17H18N2O/c1-13-7-9-15(10-8-13)16-12-19(17(20)18-16)11-14-5-3-2-4-6-14/h2-10,16H,11-12H2,1H3,(H,18,20). The summed E-state index contributed by atoms with van der Waals surface area (Å²) in [4.78, 5) is 6.28. The number of aliphatic hydroxyl groups is 1. The second-order valence-electron chi connectivity index (χ2n) is 5.22. The van der Waals surface area contributed by atoms with Crippen LogP contribution in [0.1, 0.15) is 22.7 Å². The lowest BCUT2D eigenvalue weighted by molar-refractivity contribution is 0.348. The van der Waals surface area contributed by atoms with Crippen molar-refractivity contribution in [1.82, 2.24) is 4.90 Å². The van der Waals surface area contributed by atoms with Gasteiger partial charge in [-0.05, 0) is 18.1 Å². The number of aliphatic imine (C=N–C) groups is 1. The van der Waals surface area contributed by atoms with E-state index < -0.39 is 0 Å². The van der Waals surface area contributed by atoms with E-state index in [1.165, 1.54) is 11.1 Å². The van der Waals surface area contributed by atoms with Crippen molar-refractivity contribution in [3.63, 3.8) is 0 Å². The summed E-state index contributed by atoms with van der Waals surface area (Å²) < 4.78 is 0. The zero-order valence-electron chi connectivity index (χ0n) is 11.5. The van der Waals surface area contributed by atoms with E-state index in [0.29, 0.717) is 6.54 Å². The number of aryl methyl sites for hydroxylation is 1. The Morgan fingerprint density at radius 3 is 2.50 bits per heavy atom. The summed E-state index contributed by atoms with van der Waals surface area (Å²) in [6.07, 6.45) is 0. The SMILES string of the molecule is Cc1ccc(C2CN(Cc3ccccc3)C(O)=N2)cc1. The minimum absolute atomic E-state index is 0.0271. The quantitative estimate of drug-likeness (QED) is 0.923. The van der Waals surface area contributed by atoms with Gasteiger partial charge in [-0.25, -0.2) is 4.99 Å². The van der Waals surface area contributed by atoms with Crippen LogP contribution in [0.5, 0.6) is 0 Å². The van der Waals surface area contributed by atoms with Crippen LogP contribution in [0.3, 0.4) is 0 Å². The van der Waals surface area contributed by atoms with Gasteiger partial charge in [0.15, 0.2) is 0 Å². The zero-order chi connectivity index (χ0) is 13.9. The molecule has 2 aromatic rings. The van der Waals surface area contributed by atoms with Crippen LogP contribution in [0.2, 0.25) is 0 Å². The first kappa shape index (κ1) is 12.7. The second-order valence-corrected chi connectivity index (χ2v) is 5.22. The van der Waals surface area contributed by atoms with Crippen molar-refractivity contribution in [3.05, 3.63) is 71.3 Å². The van der Waals surface area contributed by atoms with E-state index in [1.54, 1.807) is 0 Å². The fraction of sp³-hybridized carbons (Fsp3) is 0.235. The normalized spacial score (nSPS) is 18.1. The lowest BCUT2D eigenvalue weighted by Crippen LogP contribution is -2.27. The summed E-state index contributed by atoms with van der Waals surface area (Å²) in [5.41, 5.74) is 3.57. The number of nitrogens with zero attached hydrogens (tertiary/aromatic N) is 2. The third kappa shape index (κ3) is 2.67. The number of hydrogen-bond acceptors (Lipinski definition) is 2. The number of benzene rings is 2. The second kappa shape index (κ2) is 5.37. The number of amidine groups is 1. The molecule has 0 aliphatic carbocycles. The fourth-order valence-electron chi connectivity index (χ4n) is 2.46. The van der Waals surface area contributed by atoms with Crippen LogP contribution in [0.15, 0.2) is 59.6 Å².